The molecule has 2 bridgehead atoms. The van der Waals surface area contributed by atoms with Crippen LogP contribution in [0.4, 0.5) is 0 Å². The standard InChI is InChI=1S/C29H36O7/c1-16-19(30)15-27(35)24(34)29-17(2)20(36-21(31)12-11-18-9-7-6-8-10-18)13-14-26(29,5)22(32)23(33)28(16,29)25(27,3)4/h6-12,16,20,22-24,32-35H,2,13-15H2,1,3-5H3. The van der Waals surface area contributed by atoms with Crippen molar-refractivity contribution in [2.45, 2.75) is 77.0 Å². The molecule has 2 spiro atoms. The number of ether oxygens (including phenoxy) is 1. The molecule has 0 heterocycles. The average Bonchev–Trinajstić information content (AvgIpc) is 3.04. The number of hydrogen-bond donors (Lipinski definition) is 4. The Hall–Kier alpha value is -2.32. The van der Waals surface area contributed by atoms with Gasteiger partial charge in [0.1, 0.15) is 17.5 Å². The van der Waals surface area contributed by atoms with E-state index in [1.54, 1.807) is 33.8 Å². The third-order valence-electron chi connectivity index (χ3n) is 10.9. The fourth-order valence-electron chi connectivity index (χ4n) is 9.18. The Morgan fingerprint density at radius 2 is 1.75 bits per heavy atom. The number of ketones is 1. The van der Waals surface area contributed by atoms with Crippen LogP contribution in [0.25, 0.3) is 6.08 Å². The summed E-state index contributed by atoms with van der Waals surface area (Å²) in [6, 6.07) is 9.31. The Labute approximate surface area is 211 Å². The quantitative estimate of drug-likeness (QED) is 0.288. The highest BCUT2D eigenvalue weighted by Gasteiger charge is 2.93. The number of esters is 1. The molecule has 5 rings (SSSR count). The molecule has 0 amide bonds. The molecule has 7 heteroatoms. The molecule has 0 saturated heterocycles. The summed E-state index contributed by atoms with van der Waals surface area (Å²) in [5, 5.41) is 47.2. The summed E-state index contributed by atoms with van der Waals surface area (Å²) in [6.45, 7) is 11.3. The summed E-state index contributed by atoms with van der Waals surface area (Å²) in [7, 11) is 0. The molecule has 0 radical (unpaired) electrons. The van der Waals surface area contributed by atoms with E-state index in [-0.39, 0.29) is 12.2 Å². The zero-order valence-corrected chi connectivity index (χ0v) is 21.3. The van der Waals surface area contributed by atoms with E-state index in [1.807, 2.05) is 30.3 Å². The Morgan fingerprint density at radius 3 is 2.39 bits per heavy atom. The van der Waals surface area contributed by atoms with Gasteiger partial charge in [-0.1, -0.05) is 64.6 Å². The van der Waals surface area contributed by atoms with E-state index < -0.39 is 63.6 Å². The Morgan fingerprint density at radius 1 is 1.11 bits per heavy atom. The maximum absolute atomic E-state index is 13.3. The van der Waals surface area contributed by atoms with Crippen molar-refractivity contribution in [1.82, 2.24) is 0 Å². The molecule has 1 aromatic carbocycles. The third-order valence-corrected chi connectivity index (χ3v) is 10.9. The Bertz CT molecular complexity index is 1160. The number of fused-ring (bicyclic) bond motifs is 1. The van der Waals surface area contributed by atoms with Crippen molar-refractivity contribution in [1.29, 1.82) is 0 Å². The monoisotopic (exact) mass is 496 g/mol. The van der Waals surface area contributed by atoms with E-state index in [0.29, 0.717) is 18.4 Å². The number of hydrogen-bond acceptors (Lipinski definition) is 7. The molecule has 4 N–H and O–H groups in total. The van der Waals surface area contributed by atoms with Crippen molar-refractivity contribution in [2.75, 3.05) is 0 Å². The van der Waals surface area contributed by atoms with Crippen molar-refractivity contribution < 1.29 is 34.8 Å². The molecule has 194 valence electrons. The zero-order valence-electron chi connectivity index (χ0n) is 21.3. The van der Waals surface area contributed by atoms with Crippen LogP contribution >= 0.6 is 0 Å². The van der Waals surface area contributed by atoms with E-state index in [4.69, 9.17) is 4.74 Å². The van der Waals surface area contributed by atoms with Crippen LogP contribution in [0.15, 0.2) is 48.6 Å². The number of Topliss-reactive ketones (excluding diaryl/α,β-unsaturated/α-hetero) is 1. The highest BCUT2D eigenvalue weighted by atomic mass is 16.5. The molecule has 9 unspecified atom stereocenters. The molecule has 7 nitrogen and oxygen atoms in total. The molecule has 4 saturated carbocycles. The van der Waals surface area contributed by atoms with Crippen molar-refractivity contribution in [3.8, 4) is 0 Å². The number of rotatable bonds is 3. The first kappa shape index (κ1) is 25.3. The van der Waals surface area contributed by atoms with Crippen LogP contribution in [-0.4, -0.2) is 62.2 Å². The SMILES string of the molecule is C=C1C(OC(=O)C=Cc2ccccc2)CCC2(C)C(O)C(O)C34C(C)C(=O)CC(O)(C(O)C123)C4(C)C. The second-order valence-electron chi connectivity index (χ2n) is 12.0. The van der Waals surface area contributed by atoms with Crippen LogP contribution in [0, 0.1) is 27.6 Å². The molecule has 36 heavy (non-hydrogen) atoms. The molecule has 4 aliphatic rings. The first-order valence-corrected chi connectivity index (χ1v) is 12.7. The van der Waals surface area contributed by atoms with Gasteiger partial charge in [0.15, 0.2) is 0 Å². The van der Waals surface area contributed by atoms with Gasteiger partial charge in [-0.3, -0.25) is 4.79 Å². The van der Waals surface area contributed by atoms with Gasteiger partial charge >= 0.3 is 5.97 Å². The minimum absolute atomic E-state index is 0.262. The van der Waals surface area contributed by atoms with Crippen molar-refractivity contribution in [3.63, 3.8) is 0 Å². The maximum Gasteiger partial charge on any atom is 0.331 e. The van der Waals surface area contributed by atoms with Gasteiger partial charge in [0.05, 0.1) is 18.3 Å². The van der Waals surface area contributed by atoms with Gasteiger partial charge in [-0.05, 0) is 30.1 Å². The van der Waals surface area contributed by atoms with Gasteiger partial charge in [0.25, 0.3) is 0 Å². The van der Waals surface area contributed by atoms with E-state index in [9.17, 15) is 30.0 Å². The van der Waals surface area contributed by atoms with Crippen LogP contribution in [0.2, 0.25) is 0 Å². The molecular weight excluding hydrogens is 460 g/mol. The van der Waals surface area contributed by atoms with Crippen LogP contribution in [0.1, 0.15) is 52.5 Å². The van der Waals surface area contributed by atoms with E-state index in [2.05, 4.69) is 6.58 Å². The predicted molar refractivity (Wildman–Crippen MR) is 132 cm³/mol. The average molecular weight is 497 g/mol. The summed E-state index contributed by atoms with van der Waals surface area (Å²) in [5.41, 5.74) is -5.82. The summed E-state index contributed by atoms with van der Waals surface area (Å²) < 4.78 is 5.84. The molecule has 4 fully saturated rings. The van der Waals surface area contributed by atoms with Crippen LogP contribution in [0.3, 0.4) is 0 Å². The lowest BCUT2D eigenvalue weighted by Gasteiger charge is -2.60. The summed E-state index contributed by atoms with van der Waals surface area (Å²) in [6.07, 6.45) is -1.65. The van der Waals surface area contributed by atoms with E-state index >= 15 is 0 Å². The van der Waals surface area contributed by atoms with Crippen molar-refractivity contribution in [2.24, 2.45) is 27.6 Å². The van der Waals surface area contributed by atoms with Gasteiger partial charge in [-0.2, -0.15) is 0 Å². The van der Waals surface area contributed by atoms with Gasteiger partial charge < -0.3 is 25.2 Å². The number of carbonyl (C=O) groups is 2. The fourth-order valence-corrected chi connectivity index (χ4v) is 9.18. The first-order valence-electron chi connectivity index (χ1n) is 12.7. The summed E-state index contributed by atoms with van der Waals surface area (Å²) in [5.74, 6) is -1.64. The third kappa shape index (κ3) is 2.48. The minimum Gasteiger partial charge on any atom is -0.455 e. The molecule has 0 aromatic heterocycles. The molecular formula is C29H36O7. The fraction of sp³-hybridized carbons (Fsp3) is 0.586. The highest BCUT2D eigenvalue weighted by molar-refractivity contribution is 5.88. The largest absolute Gasteiger partial charge is 0.455 e. The number of benzene rings is 1. The lowest BCUT2D eigenvalue weighted by atomic mass is 9.42. The van der Waals surface area contributed by atoms with Crippen LogP contribution < -0.4 is 0 Å². The number of aliphatic hydroxyl groups is 4. The second kappa shape index (κ2) is 7.60. The summed E-state index contributed by atoms with van der Waals surface area (Å²) >= 11 is 0. The lowest BCUT2D eigenvalue weighted by Crippen LogP contribution is -2.64. The number of carbonyl (C=O) groups excluding carboxylic acids is 2. The second-order valence-corrected chi connectivity index (χ2v) is 12.0. The first-order chi connectivity index (χ1) is 16.7. The molecule has 9 atom stereocenters. The normalized spacial score (nSPS) is 47.1. The Kier molecular flexibility index (Phi) is 5.35. The van der Waals surface area contributed by atoms with Crippen molar-refractivity contribution in [3.05, 3.63) is 54.1 Å². The predicted octanol–water partition coefficient (Wildman–Crippen LogP) is 2.42. The molecule has 1 aromatic rings. The van der Waals surface area contributed by atoms with Crippen LogP contribution in [0.5, 0.6) is 0 Å². The minimum atomic E-state index is -1.85. The zero-order chi connectivity index (χ0) is 26.5. The smallest absolute Gasteiger partial charge is 0.331 e. The lowest BCUT2D eigenvalue weighted by molar-refractivity contribution is -0.203. The summed E-state index contributed by atoms with van der Waals surface area (Å²) in [4.78, 5) is 26.1. The van der Waals surface area contributed by atoms with Gasteiger partial charge in [-0.25, -0.2) is 4.79 Å². The van der Waals surface area contributed by atoms with Crippen LogP contribution in [-0.2, 0) is 14.3 Å². The maximum atomic E-state index is 13.3. The highest BCUT2D eigenvalue weighted by Crippen LogP contribution is 2.86. The Balaban J connectivity index is 1.61. The van der Waals surface area contributed by atoms with Gasteiger partial charge in [-0.15, -0.1) is 0 Å². The molecule has 0 aliphatic heterocycles. The topological polar surface area (TPSA) is 124 Å². The van der Waals surface area contributed by atoms with E-state index in [0.717, 1.165) is 5.56 Å². The number of aliphatic hydroxyl groups excluding tert-OH is 3. The van der Waals surface area contributed by atoms with Gasteiger partial charge in [0.2, 0.25) is 0 Å². The van der Waals surface area contributed by atoms with Gasteiger partial charge in [0, 0.05) is 40.1 Å². The van der Waals surface area contributed by atoms with Crippen molar-refractivity contribution >= 4 is 17.8 Å². The molecule has 4 aliphatic carbocycles. The van der Waals surface area contributed by atoms with E-state index in [1.165, 1.54) is 6.08 Å².